The Morgan fingerprint density at radius 3 is 2.56 bits per heavy atom. The number of benzene rings is 1. The van der Waals surface area contributed by atoms with Crippen molar-refractivity contribution in [1.29, 1.82) is 0 Å². The number of methoxy groups -OCH3 is 1. The van der Waals surface area contributed by atoms with Gasteiger partial charge in [-0.2, -0.15) is 4.31 Å². The van der Waals surface area contributed by atoms with Crippen molar-refractivity contribution in [2.45, 2.75) is 11.1 Å². The summed E-state index contributed by atoms with van der Waals surface area (Å²) in [7, 11) is -1.75. The summed E-state index contributed by atoms with van der Waals surface area (Å²) in [5.74, 6) is 1.61. The fourth-order valence-electron chi connectivity index (χ4n) is 3.40. The van der Waals surface area contributed by atoms with Crippen molar-refractivity contribution < 1.29 is 13.2 Å². The minimum Gasteiger partial charge on any atom is -0.494 e. The number of piperazine rings is 1. The van der Waals surface area contributed by atoms with E-state index in [0.717, 1.165) is 28.0 Å². The van der Waals surface area contributed by atoms with Gasteiger partial charge in [-0.15, -0.1) is 11.3 Å². The lowest BCUT2D eigenvalue weighted by Crippen LogP contribution is -2.48. The summed E-state index contributed by atoms with van der Waals surface area (Å²) in [6.07, 6.45) is 0. The summed E-state index contributed by atoms with van der Waals surface area (Å²) in [6.45, 7) is 4.18. The highest BCUT2D eigenvalue weighted by Gasteiger charge is 2.29. The van der Waals surface area contributed by atoms with Crippen LogP contribution in [0.1, 0.15) is 5.56 Å². The molecule has 0 N–H and O–H groups in total. The number of aryl methyl sites for hydroxylation is 1. The Balaban J connectivity index is 1.58. The molecule has 0 amide bonds. The molecule has 0 aliphatic carbocycles. The number of para-hydroxylation sites is 1. The maximum absolute atomic E-state index is 12.7. The van der Waals surface area contributed by atoms with Crippen molar-refractivity contribution in [3.8, 4) is 5.75 Å². The van der Waals surface area contributed by atoms with Crippen molar-refractivity contribution in [3.05, 3.63) is 47.3 Å². The summed E-state index contributed by atoms with van der Waals surface area (Å²) in [5, 5.41) is 2.86. The van der Waals surface area contributed by atoms with Gasteiger partial charge in [0.05, 0.1) is 7.11 Å². The molecule has 3 aromatic rings. The highest BCUT2D eigenvalue weighted by Crippen LogP contribution is 2.30. The van der Waals surface area contributed by atoms with Crippen molar-refractivity contribution in [2.24, 2.45) is 0 Å². The summed E-state index contributed by atoms with van der Waals surface area (Å²) < 4.78 is 32.8. The van der Waals surface area contributed by atoms with Crippen molar-refractivity contribution in [1.82, 2.24) is 9.29 Å². The zero-order chi connectivity index (χ0) is 19.0. The molecule has 27 heavy (non-hydrogen) atoms. The molecule has 1 saturated heterocycles. The van der Waals surface area contributed by atoms with E-state index in [1.54, 1.807) is 28.9 Å². The van der Waals surface area contributed by atoms with E-state index in [4.69, 9.17) is 9.72 Å². The Morgan fingerprint density at radius 2 is 1.89 bits per heavy atom. The lowest BCUT2D eigenvalue weighted by Gasteiger charge is -2.34. The van der Waals surface area contributed by atoms with Gasteiger partial charge in [0, 0.05) is 31.6 Å². The topological polar surface area (TPSA) is 62.7 Å². The van der Waals surface area contributed by atoms with Gasteiger partial charge in [0.25, 0.3) is 10.0 Å². The van der Waals surface area contributed by atoms with E-state index in [-0.39, 0.29) is 0 Å². The first kappa shape index (κ1) is 18.2. The molecule has 1 aliphatic heterocycles. The monoisotopic (exact) mass is 403 g/mol. The number of fused-ring (bicyclic) bond motifs is 1. The molecule has 1 fully saturated rings. The van der Waals surface area contributed by atoms with Crippen LogP contribution >= 0.6 is 11.3 Å². The van der Waals surface area contributed by atoms with Gasteiger partial charge < -0.3 is 9.64 Å². The third kappa shape index (κ3) is 3.28. The van der Waals surface area contributed by atoms with E-state index >= 15 is 0 Å². The van der Waals surface area contributed by atoms with Gasteiger partial charge in [0.1, 0.15) is 21.3 Å². The zero-order valence-electron chi connectivity index (χ0n) is 15.3. The molecule has 0 spiro atoms. The largest absolute Gasteiger partial charge is 0.494 e. The summed E-state index contributed by atoms with van der Waals surface area (Å²) >= 11 is 1.26. The van der Waals surface area contributed by atoms with E-state index in [0.29, 0.717) is 30.4 Å². The second kappa shape index (κ2) is 7.10. The summed E-state index contributed by atoms with van der Waals surface area (Å²) in [5.41, 5.74) is 1.96. The number of aromatic nitrogens is 1. The number of thiophene rings is 1. The molecule has 1 aromatic carbocycles. The number of ether oxygens (including phenoxy) is 1. The smallest absolute Gasteiger partial charge is 0.252 e. The molecule has 4 rings (SSSR count). The standard InChI is InChI=1S/C19H21N3O3S2/c1-14-13-17(20-19-15(14)5-3-6-16(19)25-2)21-8-10-22(11-9-21)27(23,24)18-7-4-12-26-18/h3-7,12-13H,8-11H2,1-2H3. The quantitative estimate of drug-likeness (QED) is 0.670. The molecule has 0 radical (unpaired) electrons. The molecule has 142 valence electrons. The maximum Gasteiger partial charge on any atom is 0.252 e. The molecular weight excluding hydrogens is 382 g/mol. The molecule has 8 heteroatoms. The van der Waals surface area contributed by atoms with Crippen LogP contribution in [0.5, 0.6) is 5.75 Å². The van der Waals surface area contributed by atoms with E-state index in [1.807, 2.05) is 18.2 Å². The van der Waals surface area contributed by atoms with Gasteiger partial charge in [0.15, 0.2) is 0 Å². The number of hydrogen-bond donors (Lipinski definition) is 0. The fourth-order valence-corrected chi connectivity index (χ4v) is 5.96. The third-order valence-corrected chi connectivity index (χ3v) is 8.14. The van der Waals surface area contributed by atoms with Gasteiger partial charge >= 0.3 is 0 Å². The average Bonchev–Trinajstić information content (AvgIpc) is 3.23. The lowest BCUT2D eigenvalue weighted by molar-refractivity contribution is 0.385. The molecule has 6 nitrogen and oxygen atoms in total. The first-order valence-electron chi connectivity index (χ1n) is 8.73. The maximum atomic E-state index is 12.7. The SMILES string of the molecule is COc1cccc2c(C)cc(N3CCN(S(=O)(=O)c4cccs4)CC3)nc12. The number of hydrogen-bond acceptors (Lipinski definition) is 6. The van der Waals surface area contributed by atoms with Gasteiger partial charge in [-0.05, 0) is 36.1 Å². The number of pyridine rings is 1. The number of sulfonamides is 1. The average molecular weight is 404 g/mol. The van der Waals surface area contributed by atoms with Gasteiger partial charge in [-0.1, -0.05) is 18.2 Å². The zero-order valence-corrected chi connectivity index (χ0v) is 16.9. The fraction of sp³-hybridized carbons (Fsp3) is 0.316. The van der Waals surface area contributed by atoms with Crippen LogP contribution in [0.25, 0.3) is 10.9 Å². The Hall–Kier alpha value is -2.16. The van der Waals surface area contributed by atoms with Gasteiger partial charge in [-0.3, -0.25) is 0 Å². The van der Waals surface area contributed by atoms with Crippen LogP contribution in [0.15, 0.2) is 46.0 Å². The molecule has 1 aliphatic rings. The first-order valence-corrected chi connectivity index (χ1v) is 11.1. The Labute approximate surface area is 163 Å². The number of nitrogens with zero attached hydrogens (tertiary/aromatic N) is 3. The number of anilines is 1. The summed E-state index contributed by atoms with van der Waals surface area (Å²) in [6, 6.07) is 11.4. The van der Waals surface area contributed by atoms with E-state index in [9.17, 15) is 8.42 Å². The van der Waals surface area contributed by atoms with Crippen LogP contribution in [0.4, 0.5) is 5.82 Å². The first-order chi connectivity index (χ1) is 13.0. The third-order valence-electron chi connectivity index (χ3n) is 4.87. The van der Waals surface area contributed by atoms with Crippen LogP contribution in [0.3, 0.4) is 0 Å². The highest BCUT2D eigenvalue weighted by atomic mass is 32.2. The molecule has 3 heterocycles. The van der Waals surface area contributed by atoms with Crippen molar-refractivity contribution in [3.63, 3.8) is 0 Å². The number of rotatable bonds is 4. The van der Waals surface area contributed by atoms with Crippen LogP contribution in [0.2, 0.25) is 0 Å². The predicted molar refractivity (Wildman–Crippen MR) is 108 cm³/mol. The van der Waals surface area contributed by atoms with Crippen LogP contribution in [-0.4, -0.2) is 51.0 Å². The normalized spacial score (nSPS) is 16.0. The Morgan fingerprint density at radius 1 is 1.11 bits per heavy atom. The Bertz CT molecular complexity index is 1060. The molecular formula is C19H21N3O3S2. The van der Waals surface area contributed by atoms with E-state index in [2.05, 4.69) is 17.9 Å². The molecule has 2 aromatic heterocycles. The second-order valence-corrected chi connectivity index (χ2v) is 9.59. The molecule has 0 unspecified atom stereocenters. The van der Waals surface area contributed by atoms with E-state index < -0.39 is 10.0 Å². The predicted octanol–water partition coefficient (Wildman–Crippen LogP) is 3.12. The van der Waals surface area contributed by atoms with Crippen LogP contribution in [-0.2, 0) is 10.0 Å². The minimum absolute atomic E-state index is 0.403. The van der Waals surface area contributed by atoms with Crippen molar-refractivity contribution >= 4 is 38.1 Å². The van der Waals surface area contributed by atoms with E-state index in [1.165, 1.54) is 11.3 Å². The molecule has 0 saturated carbocycles. The van der Waals surface area contributed by atoms with Gasteiger partial charge in [-0.25, -0.2) is 13.4 Å². The van der Waals surface area contributed by atoms with Crippen LogP contribution < -0.4 is 9.64 Å². The highest BCUT2D eigenvalue weighted by molar-refractivity contribution is 7.91. The molecule has 0 bridgehead atoms. The lowest BCUT2D eigenvalue weighted by atomic mass is 10.1. The Kier molecular flexibility index (Phi) is 4.79. The molecule has 0 atom stereocenters. The summed E-state index contributed by atoms with van der Waals surface area (Å²) in [4.78, 5) is 6.94. The minimum atomic E-state index is -3.39. The van der Waals surface area contributed by atoms with Gasteiger partial charge in [0.2, 0.25) is 0 Å². The second-order valence-electron chi connectivity index (χ2n) is 6.48. The van der Waals surface area contributed by atoms with Crippen molar-refractivity contribution in [2.75, 3.05) is 38.2 Å². The van der Waals surface area contributed by atoms with Crippen LogP contribution in [0, 0.1) is 6.92 Å².